The van der Waals surface area contributed by atoms with Crippen LogP contribution in [-0.4, -0.2) is 31.4 Å². The molecule has 2 saturated heterocycles. The highest BCUT2D eigenvalue weighted by Gasteiger charge is 2.27. The van der Waals surface area contributed by atoms with E-state index in [1.165, 1.54) is 0 Å². The molecule has 0 bridgehead atoms. The number of rotatable bonds is 6. The number of carbonyl (C=O) groups is 2. The van der Waals surface area contributed by atoms with Crippen LogP contribution >= 0.6 is 0 Å². The van der Waals surface area contributed by atoms with Gasteiger partial charge in [-0.15, -0.1) is 0 Å². The molecule has 2 amide bonds. The van der Waals surface area contributed by atoms with Crippen LogP contribution < -0.4 is 20.9 Å². The fourth-order valence-corrected chi connectivity index (χ4v) is 4.29. The number of nitrogens with one attached hydrogen (secondary N) is 3. The van der Waals surface area contributed by atoms with Crippen LogP contribution in [0.5, 0.6) is 0 Å². The summed E-state index contributed by atoms with van der Waals surface area (Å²) >= 11 is 0. The van der Waals surface area contributed by atoms with Crippen LogP contribution in [0.4, 0.5) is 21.5 Å². The maximum atomic E-state index is 15.1. The molecule has 170 valence electrons. The average molecular weight is 439 g/mol. The molecule has 2 heterocycles. The molecule has 0 saturated carbocycles. The van der Waals surface area contributed by atoms with Gasteiger partial charge in [-0.25, -0.2) is 4.39 Å². The fourth-order valence-electron chi connectivity index (χ4n) is 4.29. The summed E-state index contributed by atoms with van der Waals surface area (Å²) in [5, 5.41) is 8.86. The first kappa shape index (κ1) is 22.1. The zero-order valence-electron chi connectivity index (χ0n) is 18.7. The fraction of sp³-hybridized carbons (Fsp3) is 0.440. The van der Waals surface area contributed by atoms with Gasteiger partial charge in [-0.05, 0) is 55.5 Å². The van der Waals surface area contributed by atoms with Gasteiger partial charge in [0, 0.05) is 49.5 Å². The normalized spacial score (nSPS) is 19.0. The van der Waals surface area contributed by atoms with E-state index in [1.807, 2.05) is 36.4 Å². The highest BCUT2D eigenvalue weighted by atomic mass is 19.1. The summed E-state index contributed by atoms with van der Waals surface area (Å²) in [6, 6.07) is 11.5. The average Bonchev–Trinajstić information content (AvgIpc) is 3.23. The Hall–Kier alpha value is -3.09. The van der Waals surface area contributed by atoms with Crippen LogP contribution in [0, 0.1) is 24.6 Å². The largest absolute Gasteiger partial charge is 0.369 e. The van der Waals surface area contributed by atoms with Crippen molar-refractivity contribution < 1.29 is 14.0 Å². The summed E-state index contributed by atoms with van der Waals surface area (Å²) in [7, 11) is 0. The topological polar surface area (TPSA) is 73.5 Å². The van der Waals surface area contributed by atoms with Crippen LogP contribution in [0.25, 0.3) is 0 Å². The number of anilines is 3. The van der Waals surface area contributed by atoms with Gasteiger partial charge in [-0.3, -0.25) is 9.59 Å². The predicted molar refractivity (Wildman–Crippen MR) is 124 cm³/mol. The molecular formula is C25H31FN4O2. The van der Waals surface area contributed by atoms with Gasteiger partial charge in [0.1, 0.15) is 0 Å². The Morgan fingerprint density at radius 1 is 1.16 bits per heavy atom. The lowest BCUT2D eigenvalue weighted by Crippen LogP contribution is -2.33. The number of halogens is 1. The summed E-state index contributed by atoms with van der Waals surface area (Å²) in [6.45, 7) is 6.66. The van der Waals surface area contributed by atoms with Crippen molar-refractivity contribution in [1.82, 2.24) is 10.6 Å². The van der Waals surface area contributed by atoms with E-state index >= 15 is 4.39 Å². The molecule has 2 aromatic carbocycles. The van der Waals surface area contributed by atoms with Crippen molar-refractivity contribution in [2.45, 2.75) is 39.7 Å². The second-order valence-electron chi connectivity index (χ2n) is 8.99. The van der Waals surface area contributed by atoms with Crippen molar-refractivity contribution >= 4 is 28.9 Å². The van der Waals surface area contributed by atoms with Crippen molar-refractivity contribution in [1.29, 1.82) is 0 Å². The SMILES string of the molecule is Cc1c(Nc2ccc(CNC(=O)C3CNC(=O)C3)cc2)ccc(N2CCC(C)CC2)c1F. The molecule has 7 heteroatoms. The Balaban J connectivity index is 1.35. The maximum Gasteiger partial charge on any atom is 0.225 e. The van der Waals surface area contributed by atoms with E-state index in [0.717, 1.165) is 42.9 Å². The minimum absolute atomic E-state index is 0.0779. The number of piperidine rings is 1. The van der Waals surface area contributed by atoms with Gasteiger partial charge in [-0.2, -0.15) is 0 Å². The molecule has 4 rings (SSSR count). The molecule has 2 aliphatic heterocycles. The lowest BCUT2D eigenvalue weighted by molar-refractivity contribution is -0.126. The minimum atomic E-state index is -0.294. The van der Waals surface area contributed by atoms with Crippen LogP contribution in [0.2, 0.25) is 0 Å². The first-order valence-electron chi connectivity index (χ1n) is 11.3. The zero-order valence-corrected chi connectivity index (χ0v) is 18.7. The molecule has 0 spiro atoms. The summed E-state index contributed by atoms with van der Waals surface area (Å²) in [6.07, 6.45) is 2.45. The van der Waals surface area contributed by atoms with E-state index in [1.54, 1.807) is 6.92 Å². The molecule has 2 fully saturated rings. The van der Waals surface area contributed by atoms with Crippen LogP contribution in [0.3, 0.4) is 0 Å². The number of amides is 2. The highest BCUT2D eigenvalue weighted by Crippen LogP contribution is 2.32. The molecule has 0 radical (unpaired) electrons. The monoisotopic (exact) mass is 438 g/mol. The van der Waals surface area contributed by atoms with Crippen LogP contribution in [0.15, 0.2) is 36.4 Å². The number of benzene rings is 2. The van der Waals surface area contributed by atoms with E-state index in [2.05, 4.69) is 27.8 Å². The van der Waals surface area contributed by atoms with E-state index in [9.17, 15) is 9.59 Å². The van der Waals surface area contributed by atoms with Crippen molar-refractivity contribution in [3.05, 3.63) is 53.3 Å². The Labute approximate surface area is 188 Å². The van der Waals surface area contributed by atoms with Gasteiger partial charge in [0.2, 0.25) is 11.8 Å². The quantitative estimate of drug-likeness (QED) is 0.640. The molecular weight excluding hydrogens is 407 g/mol. The van der Waals surface area contributed by atoms with Crippen molar-refractivity contribution in [2.75, 3.05) is 29.9 Å². The van der Waals surface area contributed by atoms with Gasteiger partial charge in [-0.1, -0.05) is 19.1 Å². The Morgan fingerprint density at radius 3 is 2.53 bits per heavy atom. The zero-order chi connectivity index (χ0) is 22.7. The van der Waals surface area contributed by atoms with E-state index < -0.39 is 0 Å². The van der Waals surface area contributed by atoms with Crippen LogP contribution in [-0.2, 0) is 16.1 Å². The van der Waals surface area contributed by atoms with Gasteiger partial charge < -0.3 is 20.9 Å². The lowest BCUT2D eigenvalue weighted by atomic mass is 9.98. The number of carbonyl (C=O) groups excluding carboxylic acids is 2. The molecule has 32 heavy (non-hydrogen) atoms. The van der Waals surface area contributed by atoms with Crippen molar-refractivity contribution in [3.8, 4) is 0 Å². The molecule has 3 N–H and O–H groups in total. The summed E-state index contributed by atoms with van der Waals surface area (Å²) in [5.41, 5.74) is 3.85. The molecule has 2 aromatic rings. The molecule has 1 atom stereocenters. The van der Waals surface area contributed by atoms with Crippen LogP contribution in [0.1, 0.15) is 37.3 Å². The Morgan fingerprint density at radius 2 is 1.88 bits per heavy atom. The van der Waals surface area contributed by atoms with E-state index in [-0.39, 0.29) is 30.0 Å². The molecule has 6 nitrogen and oxygen atoms in total. The predicted octanol–water partition coefficient (Wildman–Crippen LogP) is 3.87. The number of hydrogen-bond acceptors (Lipinski definition) is 4. The smallest absolute Gasteiger partial charge is 0.225 e. The Bertz CT molecular complexity index is 984. The summed E-state index contributed by atoms with van der Waals surface area (Å²) in [4.78, 5) is 25.5. The molecule has 1 unspecified atom stereocenters. The van der Waals surface area contributed by atoms with E-state index in [0.29, 0.717) is 30.3 Å². The lowest BCUT2D eigenvalue weighted by Gasteiger charge is -2.32. The third-order valence-corrected chi connectivity index (χ3v) is 6.54. The first-order valence-corrected chi connectivity index (χ1v) is 11.3. The second-order valence-corrected chi connectivity index (χ2v) is 8.99. The second kappa shape index (κ2) is 9.59. The third kappa shape index (κ3) is 5.03. The Kier molecular flexibility index (Phi) is 6.63. The number of hydrogen-bond donors (Lipinski definition) is 3. The van der Waals surface area contributed by atoms with E-state index in [4.69, 9.17) is 0 Å². The highest BCUT2D eigenvalue weighted by molar-refractivity contribution is 5.89. The van der Waals surface area contributed by atoms with Gasteiger partial charge in [0.15, 0.2) is 5.82 Å². The minimum Gasteiger partial charge on any atom is -0.369 e. The third-order valence-electron chi connectivity index (χ3n) is 6.54. The van der Waals surface area contributed by atoms with Crippen molar-refractivity contribution in [3.63, 3.8) is 0 Å². The number of nitrogens with zero attached hydrogens (tertiary/aromatic N) is 1. The maximum absolute atomic E-state index is 15.1. The summed E-state index contributed by atoms with van der Waals surface area (Å²) in [5.74, 6) is 0.0590. The van der Waals surface area contributed by atoms with Gasteiger partial charge >= 0.3 is 0 Å². The van der Waals surface area contributed by atoms with Gasteiger partial charge in [0.25, 0.3) is 0 Å². The molecule has 2 aliphatic rings. The van der Waals surface area contributed by atoms with Crippen molar-refractivity contribution in [2.24, 2.45) is 11.8 Å². The van der Waals surface area contributed by atoms with Gasteiger partial charge in [0.05, 0.1) is 11.6 Å². The molecule has 0 aliphatic carbocycles. The summed E-state index contributed by atoms with van der Waals surface area (Å²) < 4.78 is 15.1. The first-order chi connectivity index (χ1) is 15.4. The molecule has 0 aromatic heterocycles. The standard InChI is InChI=1S/C25H31FN4O2/c1-16-9-11-30(12-10-16)22-8-7-21(17(2)24(22)26)29-20-5-3-18(4-6-20)14-28-25(32)19-13-23(31)27-15-19/h3-8,16,19,29H,9-15H2,1-2H3,(H,27,31)(H,28,32).